The summed E-state index contributed by atoms with van der Waals surface area (Å²) in [5, 5.41) is 9.81. The number of hydrogen-bond acceptors (Lipinski definition) is 2. The summed E-state index contributed by atoms with van der Waals surface area (Å²) in [6, 6.07) is 6.08. The van der Waals surface area contributed by atoms with E-state index in [9.17, 15) is 14.7 Å². The summed E-state index contributed by atoms with van der Waals surface area (Å²) in [5.74, 6) is 0.931. The molecule has 0 atom stereocenters. The zero-order valence-electron chi connectivity index (χ0n) is 16.4. The van der Waals surface area contributed by atoms with Crippen LogP contribution in [0.4, 0.5) is 0 Å². The highest BCUT2D eigenvalue weighted by atomic mass is 16.4. The number of benzene rings is 1. The second-order valence-electron chi connectivity index (χ2n) is 8.76. The average Bonchev–Trinajstić information content (AvgIpc) is 2.63. The van der Waals surface area contributed by atoms with Gasteiger partial charge < -0.3 is 5.11 Å². The van der Waals surface area contributed by atoms with Gasteiger partial charge in [-0.25, -0.2) is 9.59 Å². The summed E-state index contributed by atoms with van der Waals surface area (Å²) >= 11 is 0. The van der Waals surface area contributed by atoms with Gasteiger partial charge in [0, 0.05) is 12.0 Å². The summed E-state index contributed by atoms with van der Waals surface area (Å²) in [6.07, 6.45) is 9.67. The molecule has 0 radical (unpaired) electrons. The lowest BCUT2D eigenvalue weighted by Crippen LogP contribution is -2.33. The Morgan fingerprint density at radius 1 is 1.07 bits per heavy atom. The number of rotatable bonds is 3. The molecule has 1 aromatic carbocycles. The molecule has 2 aliphatic rings. The lowest BCUT2D eigenvalue weighted by molar-refractivity contribution is -0.130. The molecular weight excluding hydrogens is 336 g/mol. The highest BCUT2D eigenvalue weighted by Gasteiger charge is 2.37. The molecular formula is C24H26O3. The average molecular weight is 362 g/mol. The SMILES string of the molecule is CC1(C)CCC(C)(C)c2cc(C(=CC3=CCC(=C=O)C=C3)C(=O)O)ccc21. The minimum Gasteiger partial charge on any atom is -0.478 e. The van der Waals surface area contributed by atoms with Crippen LogP contribution in [-0.2, 0) is 20.4 Å². The maximum absolute atomic E-state index is 12.0. The number of allylic oxidation sites excluding steroid dienone is 6. The van der Waals surface area contributed by atoms with Crippen molar-refractivity contribution in [2.45, 2.75) is 57.8 Å². The zero-order valence-corrected chi connectivity index (χ0v) is 16.4. The van der Waals surface area contributed by atoms with Gasteiger partial charge in [0.15, 0.2) is 0 Å². The summed E-state index contributed by atoms with van der Waals surface area (Å²) in [6.45, 7) is 8.97. The minimum absolute atomic E-state index is 0.0259. The second-order valence-corrected chi connectivity index (χ2v) is 8.76. The van der Waals surface area contributed by atoms with Crippen molar-refractivity contribution in [2.24, 2.45) is 0 Å². The molecule has 3 rings (SSSR count). The van der Waals surface area contributed by atoms with Gasteiger partial charge in [-0.2, -0.15) is 0 Å². The second kappa shape index (κ2) is 6.83. The molecule has 0 bridgehead atoms. The number of carbonyl (C=O) groups is 1. The summed E-state index contributed by atoms with van der Waals surface area (Å²) in [4.78, 5) is 22.7. The van der Waals surface area contributed by atoms with Crippen LogP contribution in [-0.4, -0.2) is 17.0 Å². The highest BCUT2D eigenvalue weighted by Crippen LogP contribution is 2.46. The van der Waals surface area contributed by atoms with E-state index in [-0.39, 0.29) is 16.4 Å². The summed E-state index contributed by atoms with van der Waals surface area (Å²) < 4.78 is 0. The van der Waals surface area contributed by atoms with Gasteiger partial charge in [-0.3, -0.25) is 0 Å². The van der Waals surface area contributed by atoms with E-state index in [1.807, 2.05) is 18.1 Å². The topological polar surface area (TPSA) is 54.4 Å². The molecule has 1 aromatic rings. The molecule has 0 saturated carbocycles. The molecule has 0 spiro atoms. The largest absolute Gasteiger partial charge is 0.478 e. The van der Waals surface area contributed by atoms with Crippen molar-refractivity contribution in [3.63, 3.8) is 0 Å². The van der Waals surface area contributed by atoms with Crippen LogP contribution in [0.3, 0.4) is 0 Å². The third-order valence-electron chi connectivity index (χ3n) is 5.87. The van der Waals surface area contributed by atoms with E-state index in [1.165, 1.54) is 11.1 Å². The fraction of sp³-hybridized carbons (Fsp3) is 0.375. The van der Waals surface area contributed by atoms with Crippen molar-refractivity contribution in [1.29, 1.82) is 0 Å². The lowest BCUT2D eigenvalue weighted by Gasteiger charge is -2.42. The Labute approximate surface area is 160 Å². The molecule has 140 valence electrons. The lowest BCUT2D eigenvalue weighted by atomic mass is 9.63. The van der Waals surface area contributed by atoms with E-state index in [2.05, 4.69) is 39.8 Å². The Bertz CT molecular complexity index is 932. The van der Waals surface area contributed by atoms with Crippen molar-refractivity contribution in [3.8, 4) is 0 Å². The molecule has 0 amide bonds. The quantitative estimate of drug-likeness (QED) is 0.598. The molecule has 2 aliphatic carbocycles. The Balaban J connectivity index is 2.07. The molecule has 0 saturated heterocycles. The first-order valence-corrected chi connectivity index (χ1v) is 9.37. The van der Waals surface area contributed by atoms with Crippen LogP contribution in [0.25, 0.3) is 5.57 Å². The normalized spacial score (nSPS) is 20.5. The maximum atomic E-state index is 12.0. The molecule has 0 aromatic heterocycles. The van der Waals surface area contributed by atoms with Gasteiger partial charge in [0.25, 0.3) is 0 Å². The Hall–Kier alpha value is -2.64. The third kappa shape index (κ3) is 3.74. The van der Waals surface area contributed by atoms with E-state index < -0.39 is 5.97 Å². The fourth-order valence-corrected chi connectivity index (χ4v) is 3.93. The number of carboxylic acids is 1. The summed E-state index contributed by atoms with van der Waals surface area (Å²) in [5.41, 5.74) is 5.03. The van der Waals surface area contributed by atoms with Crippen molar-refractivity contribution in [1.82, 2.24) is 0 Å². The number of hydrogen-bond donors (Lipinski definition) is 1. The van der Waals surface area contributed by atoms with Gasteiger partial charge >= 0.3 is 5.97 Å². The van der Waals surface area contributed by atoms with Gasteiger partial charge in [0.05, 0.1) is 5.57 Å². The van der Waals surface area contributed by atoms with Crippen LogP contribution in [0, 0.1) is 0 Å². The third-order valence-corrected chi connectivity index (χ3v) is 5.87. The minimum atomic E-state index is -0.950. The van der Waals surface area contributed by atoms with Crippen LogP contribution < -0.4 is 0 Å². The van der Waals surface area contributed by atoms with Crippen LogP contribution >= 0.6 is 0 Å². The predicted molar refractivity (Wildman–Crippen MR) is 108 cm³/mol. The van der Waals surface area contributed by atoms with Gasteiger partial charge in [0.1, 0.15) is 5.94 Å². The van der Waals surface area contributed by atoms with Crippen molar-refractivity contribution in [3.05, 3.63) is 70.3 Å². The molecule has 3 nitrogen and oxygen atoms in total. The molecule has 1 N–H and O–H groups in total. The molecule has 3 heteroatoms. The van der Waals surface area contributed by atoms with Crippen LogP contribution in [0.1, 0.15) is 63.6 Å². The Morgan fingerprint density at radius 2 is 1.74 bits per heavy atom. The van der Waals surface area contributed by atoms with E-state index in [0.29, 0.717) is 12.0 Å². The van der Waals surface area contributed by atoms with Crippen molar-refractivity contribution >= 4 is 17.5 Å². The van der Waals surface area contributed by atoms with Crippen molar-refractivity contribution in [2.75, 3.05) is 0 Å². The Morgan fingerprint density at radius 3 is 2.30 bits per heavy atom. The first-order valence-electron chi connectivity index (χ1n) is 9.37. The molecule has 27 heavy (non-hydrogen) atoms. The van der Waals surface area contributed by atoms with Gasteiger partial charge in [-0.1, -0.05) is 58.0 Å². The standard InChI is InChI=1S/C24H26O3/c1-23(2)11-12-24(3,4)21-14-18(9-10-20(21)23)19(22(26)27)13-16-5-7-17(15-25)8-6-16/h5-7,9-10,13-14H,8,11-12H2,1-4H3,(H,26,27). The van der Waals surface area contributed by atoms with E-state index in [1.54, 1.807) is 18.2 Å². The van der Waals surface area contributed by atoms with E-state index in [0.717, 1.165) is 24.0 Å². The van der Waals surface area contributed by atoms with Crippen molar-refractivity contribution < 1.29 is 14.7 Å². The van der Waals surface area contributed by atoms with Gasteiger partial charge in [-0.15, -0.1) is 0 Å². The Kier molecular flexibility index (Phi) is 4.84. The first-order chi connectivity index (χ1) is 12.6. The molecule has 0 aliphatic heterocycles. The first kappa shape index (κ1) is 19.1. The van der Waals surface area contributed by atoms with E-state index in [4.69, 9.17) is 0 Å². The fourth-order valence-electron chi connectivity index (χ4n) is 3.93. The highest BCUT2D eigenvalue weighted by molar-refractivity contribution is 6.16. The smallest absolute Gasteiger partial charge is 0.336 e. The number of aliphatic carboxylic acids is 1. The van der Waals surface area contributed by atoms with Crippen LogP contribution in [0.2, 0.25) is 0 Å². The molecule has 0 fully saturated rings. The summed E-state index contributed by atoms with van der Waals surface area (Å²) in [7, 11) is 0. The number of carboxylic acid groups (broad SMARTS) is 1. The predicted octanol–water partition coefficient (Wildman–Crippen LogP) is 5.15. The molecule has 0 unspecified atom stereocenters. The zero-order chi connectivity index (χ0) is 19.8. The number of fused-ring (bicyclic) bond motifs is 1. The van der Waals surface area contributed by atoms with Gasteiger partial charge in [0.2, 0.25) is 0 Å². The van der Waals surface area contributed by atoms with Crippen LogP contribution in [0.15, 0.2) is 53.6 Å². The number of carbonyl (C=O) groups excluding carboxylic acids is 1. The van der Waals surface area contributed by atoms with E-state index >= 15 is 0 Å². The van der Waals surface area contributed by atoms with Gasteiger partial charge in [-0.05, 0) is 58.1 Å². The molecule has 0 heterocycles. The monoisotopic (exact) mass is 362 g/mol. The maximum Gasteiger partial charge on any atom is 0.336 e. The van der Waals surface area contributed by atoms with Crippen LogP contribution in [0.5, 0.6) is 0 Å².